The van der Waals surface area contributed by atoms with Gasteiger partial charge in [-0.05, 0) is 42.0 Å². The number of nitrogens with one attached hydrogen (secondary N) is 1. The number of ether oxygens (including phenoxy) is 1. The first-order valence-electron chi connectivity index (χ1n) is 8.75. The molecule has 0 unspecified atom stereocenters. The van der Waals surface area contributed by atoms with Gasteiger partial charge < -0.3 is 10.1 Å². The Balaban J connectivity index is 1.75. The Morgan fingerprint density at radius 3 is 2.48 bits per heavy atom. The number of rotatable bonds is 7. The van der Waals surface area contributed by atoms with Crippen LogP contribution in [-0.2, 0) is 27.8 Å². The highest BCUT2D eigenvalue weighted by Crippen LogP contribution is 2.23. The largest absolute Gasteiger partial charge is 0.487 e. The molecule has 0 aliphatic rings. The van der Waals surface area contributed by atoms with Crippen LogP contribution in [0.15, 0.2) is 59.6 Å². The maximum Gasteiger partial charge on any atom is 0.238 e. The molecule has 31 heavy (non-hydrogen) atoms. The predicted molar refractivity (Wildman–Crippen MR) is 110 cm³/mol. The van der Waals surface area contributed by atoms with Gasteiger partial charge in [0, 0.05) is 16.3 Å². The fraction of sp³-hybridized carbons (Fsp3) is 0.100. The van der Waals surface area contributed by atoms with Crippen molar-refractivity contribution in [1.29, 1.82) is 0 Å². The normalized spacial score (nSPS) is 11.2. The van der Waals surface area contributed by atoms with Crippen molar-refractivity contribution >= 4 is 33.2 Å². The highest BCUT2D eigenvalue weighted by atomic mass is 35.5. The number of amides is 1. The molecule has 2 aromatic carbocycles. The van der Waals surface area contributed by atoms with E-state index in [1.807, 2.05) is 0 Å². The van der Waals surface area contributed by atoms with Gasteiger partial charge in [0.15, 0.2) is 0 Å². The average molecular weight is 468 g/mol. The first kappa shape index (κ1) is 22.6. The van der Waals surface area contributed by atoms with E-state index in [4.69, 9.17) is 21.5 Å². The third-order valence-electron chi connectivity index (χ3n) is 4.12. The third kappa shape index (κ3) is 6.20. The van der Waals surface area contributed by atoms with E-state index in [9.17, 15) is 22.0 Å². The van der Waals surface area contributed by atoms with Crippen molar-refractivity contribution in [2.45, 2.75) is 17.9 Å². The molecule has 1 amide bonds. The Kier molecular flexibility index (Phi) is 6.84. The molecule has 0 saturated carbocycles. The number of benzene rings is 2. The molecule has 3 N–H and O–H groups in total. The Labute approximate surface area is 181 Å². The smallest absolute Gasteiger partial charge is 0.238 e. The van der Waals surface area contributed by atoms with Gasteiger partial charge in [-0.25, -0.2) is 22.9 Å². The number of anilines is 1. The Morgan fingerprint density at radius 2 is 1.84 bits per heavy atom. The fourth-order valence-corrected chi connectivity index (χ4v) is 3.69. The molecule has 0 fully saturated rings. The maximum absolute atomic E-state index is 13.1. The van der Waals surface area contributed by atoms with Crippen molar-refractivity contribution in [2.24, 2.45) is 5.14 Å². The van der Waals surface area contributed by atoms with Gasteiger partial charge in [0.05, 0.1) is 17.5 Å². The third-order valence-corrected chi connectivity index (χ3v) is 5.46. The fourth-order valence-electron chi connectivity index (χ4n) is 2.67. The summed E-state index contributed by atoms with van der Waals surface area (Å²) in [7, 11) is -4.14. The van der Waals surface area contributed by atoms with E-state index >= 15 is 0 Å². The van der Waals surface area contributed by atoms with Crippen LogP contribution in [0.4, 0.5) is 14.5 Å². The molecule has 0 aliphatic carbocycles. The van der Waals surface area contributed by atoms with E-state index in [0.717, 1.165) is 18.3 Å². The molecule has 3 rings (SSSR count). The topological polar surface area (TPSA) is 111 Å². The average Bonchev–Trinajstić information content (AvgIpc) is 2.69. The molecule has 0 bridgehead atoms. The molecule has 11 heteroatoms. The summed E-state index contributed by atoms with van der Waals surface area (Å²) in [4.78, 5) is 15.5. The number of hydrogen-bond donors (Lipinski definition) is 2. The van der Waals surface area contributed by atoms with Crippen molar-refractivity contribution in [2.75, 3.05) is 5.32 Å². The Morgan fingerprint density at radius 1 is 1.10 bits per heavy atom. The van der Waals surface area contributed by atoms with Crippen molar-refractivity contribution < 1.29 is 26.7 Å². The standard InChI is InChI=1S/C20H16ClF2N3O4S/c21-17-8-14(22)3-1-12(17)7-20(27)26-15-4-2-13(18(9-15)31(24,28)29)11-30-16-5-6-19(23)25-10-16/h1-6,8-10H,7,11H2,(H,26,27)(H2,24,28,29). The molecule has 0 aliphatic heterocycles. The number of nitrogens with zero attached hydrogens (tertiary/aromatic N) is 1. The number of carbonyl (C=O) groups excluding carboxylic acids is 1. The summed E-state index contributed by atoms with van der Waals surface area (Å²) in [5.74, 6) is -1.47. The zero-order chi connectivity index (χ0) is 22.6. The number of primary sulfonamides is 1. The summed E-state index contributed by atoms with van der Waals surface area (Å²) in [5.41, 5.74) is 0.816. The zero-order valence-electron chi connectivity index (χ0n) is 15.8. The van der Waals surface area contributed by atoms with Gasteiger partial charge in [-0.2, -0.15) is 4.39 Å². The lowest BCUT2D eigenvalue weighted by atomic mass is 10.1. The number of carbonyl (C=O) groups is 1. The Hall–Kier alpha value is -3.08. The van der Waals surface area contributed by atoms with Crippen LogP contribution in [0.5, 0.6) is 5.75 Å². The van der Waals surface area contributed by atoms with Gasteiger partial charge in [-0.3, -0.25) is 4.79 Å². The molecule has 162 valence electrons. The van der Waals surface area contributed by atoms with Crippen LogP contribution in [0.25, 0.3) is 0 Å². The number of pyridine rings is 1. The van der Waals surface area contributed by atoms with Crippen LogP contribution < -0.4 is 15.2 Å². The molecule has 0 spiro atoms. The summed E-state index contributed by atoms with van der Waals surface area (Å²) in [5, 5.41) is 7.94. The van der Waals surface area contributed by atoms with Crippen LogP contribution in [0.2, 0.25) is 5.02 Å². The van der Waals surface area contributed by atoms with E-state index in [2.05, 4.69) is 10.3 Å². The van der Waals surface area contributed by atoms with E-state index in [1.54, 1.807) is 0 Å². The first-order valence-corrected chi connectivity index (χ1v) is 10.7. The molecule has 3 aromatic rings. The van der Waals surface area contributed by atoms with Gasteiger partial charge in [0.25, 0.3) is 0 Å². The van der Waals surface area contributed by atoms with Crippen molar-refractivity contribution in [1.82, 2.24) is 4.98 Å². The second kappa shape index (κ2) is 9.38. The molecular weight excluding hydrogens is 452 g/mol. The predicted octanol–water partition coefficient (Wildman–Crippen LogP) is 3.42. The van der Waals surface area contributed by atoms with Crippen molar-refractivity contribution in [3.05, 3.63) is 82.6 Å². The Bertz CT molecular complexity index is 1220. The van der Waals surface area contributed by atoms with E-state index in [-0.39, 0.29) is 39.9 Å². The van der Waals surface area contributed by atoms with Crippen molar-refractivity contribution in [3.8, 4) is 5.75 Å². The minimum absolute atomic E-state index is 0.100. The summed E-state index contributed by atoms with van der Waals surface area (Å²) in [6, 6.07) is 10.2. The highest BCUT2D eigenvalue weighted by molar-refractivity contribution is 7.89. The van der Waals surface area contributed by atoms with Gasteiger partial charge >= 0.3 is 0 Å². The quantitative estimate of drug-likeness (QED) is 0.517. The molecule has 1 aromatic heterocycles. The van der Waals surface area contributed by atoms with Crippen LogP contribution >= 0.6 is 11.6 Å². The van der Waals surface area contributed by atoms with E-state index in [0.29, 0.717) is 5.56 Å². The number of nitrogens with two attached hydrogens (primary N) is 1. The van der Waals surface area contributed by atoms with Crippen LogP contribution in [-0.4, -0.2) is 19.3 Å². The number of halogens is 3. The lowest BCUT2D eigenvalue weighted by Crippen LogP contribution is -2.18. The second-order valence-electron chi connectivity index (χ2n) is 6.43. The zero-order valence-corrected chi connectivity index (χ0v) is 17.4. The lowest BCUT2D eigenvalue weighted by Gasteiger charge is -2.13. The molecule has 0 saturated heterocycles. The van der Waals surface area contributed by atoms with E-state index in [1.165, 1.54) is 36.4 Å². The molecular formula is C20H16ClF2N3O4S. The monoisotopic (exact) mass is 467 g/mol. The summed E-state index contributed by atoms with van der Waals surface area (Å²) in [6.45, 7) is -0.182. The maximum atomic E-state index is 13.1. The van der Waals surface area contributed by atoms with Crippen molar-refractivity contribution in [3.63, 3.8) is 0 Å². The number of sulfonamides is 1. The molecule has 1 heterocycles. The molecule has 7 nitrogen and oxygen atoms in total. The number of hydrogen-bond acceptors (Lipinski definition) is 5. The van der Waals surface area contributed by atoms with Crippen LogP contribution in [0.1, 0.15) is 11.1 Å². The SMILES string of the molecule is NS(=O)(=O)c1cc(NC(=O)Cc2ccc(F)cc2Cl)ccc1COc1ccc(F)nc1. The van der Waals surface area contributed by atoms with Gasteiger partial charge in [0.1, 0.15) is 18.2 Å². The summed E-state index contributed by atoms with van der Waals surface area (Å²) < 4.78 is 55.4. The molecule has 0 atom stereocenters. The van der Waals surface area contributed by atoms with Gasteiger partial charge in [-0.15, -0.1) is 0 Å². The van der Waals surface area contributed by atoms with Gasteiger partial charge in [0.2, 0.25) is 21.9 Å². The van der Waals surface area contributed by atoms with Gasteiger partial charge in [-0.1, -0.05) is 23.7 Å². The lowest BCUT2D eigenvalue weighted by molar-refractivity contribution is -0.115. The minimum atomic E-state index is -4.14. The second-order valence-corrected chi connectivity index (χ2v) is 8.37. The first-order chi connectivity index (χ1) is 14.6. The molecule has 0 radical (unpaired) electrons. The van der Waals surface area contributed by atoms with Crippen LogP contribution in [0.3, 0.4) is 0 Å². The summed E-state index contributed by atoms with van der Waals surface area (Å²) in [6.07, 6.45) is 1.01. The highest BCUT2D eigenvalue weighted by Gasteiger charge is 2.17. The van der Waals surface area contributed by atoms with Crippen LogP contribution in [0, 0.1) is 11.8 Å². The summed E-state index contributed by atoms with van der Waals surface area (Å²) >= 11 is 5.92. The van der Waals surface area contributed by atoms with E-state index < -0.39 is 27.7 Å². The minimum Gasteiger partial charge on any atom is -0.487 e. The number of aromatic nitrogens is 1.